The fourth-order valence-electron chi connectivity index (χ4n) is 9.69. The van der Waals surface area contributed by atoms with Crippen molar-refractivity contribution in [2.24, 2.45) is 0 Å². The Kier molecular flexibility index (Phi) is 6.27. The molecule has 8 aromatic rings. The molecule has 0 bridgehead atoms. The van der Waals surface area contributed by atoms with Crippen molar-refractivity contribution in [1.29, 1.82) is 0 Å². The van der Waals surface area contributed by atoms with Gasteiger partial charge in [0.1, 0.15) is 46.0 Å². The van der Waals surface area contributed by atoms with E-state index in [9.17, 15) is 4.79 Å². The first-order valence-corrected chi connectivity index (χ1v) is 18.8. The molecule has 4 aliphatic rings. The predicted molar refractivity (Wildman–Crippen MR) is 213 cm³/mol. The molecule has 0 fully saturated rings. The van der Waals surface area contributed by atoms with Crippen LogP contribution in [-0.2, 0) is 10.8 Å². The Morgan fingerprint density at radius 2 is 0.518 bits per heavy atom. The van der Waals surface area contributed by atoms with Gasteiger partial charge in [0.05, 0.1) is 10.8 Å². The molecular weight excluding hydrogens is 693 g/mol. The lowest BCUT2D eigenvalue weighted by atomic mass is 9.62. The standard InChI is InChI=1S/C51H30O5/c52-49(31-25-27-39-47(29-31)55-45-23-11-5-17-37(45)50(39)33-13-1-7-19-41(33)53-42-20-8-2-14-34(42)50)32-26-28-40-48(30-32)56-46-24-12-6-18-38(46)51(40)35-15-3-9-21-43(35)54-44-22-10-4-16-36(44)51/h1-30H. The van der Waals surface area contributed by atoms with E-state index in [0.29, 0.717) is 22.6 Å². The minimum absolute atomic E-state index is 0.135. The van der Waals surface area contributed by atoms with Crippen molar-refractivity contribution in [2.45, 2.75) is 10.8 Å². The Morgan fingerprint density at radius 3 is 0.804 bits per heavy atom. The molecular formula is C51H30O5. The summed E-state index contributed by atoms with van der Waals surface area (Å²) in [5.41, 5.74) is 7.58. The van der Waals surface area contributed by atoms with Crippen LogP contribution in [0.3, 0.4) is 0 Å². The third-order valence-electron chi connectivity index (χ3n) is 11.9. The van der Waals surface area contributed by atoms with E-state index in [-0.39, 0.29) is 5.78 Å². The van der Waals surface area contributed by atoms with Crippen LogP contribution in [0, 0.1) is 0 Å². The Labute approximate surface area is 323 Å². The molecule has 0 N–H and O–H groups in total. The highest BCUT2D eigenvalue weighted by Gasteiger charge is 2.52. The van der Waals surface area contributed by atoms with Gasteiger partial charge in [0.2, 0.25) is 0 Å². The van der Waals surface area contributed by atoms with Crippen molar-refractivity contribution in [1.82, 2.24) is 0 Å². The van der Waals surface area contributed by atoms with Crippen LogP contribution >= 0.6 is 0 Å². The van der Waals surface area contributed by atoms with Crippen molar-refractivity contribution in [3.05, 3.63) is 238 Å². The first-order chi connectivity index (χ1) is 27.7. The van der Waals surface area contributed by atoms with Gasteiger partial charge in [-0.25, -0.2) is 0 Å². The molecule has 2 spiro atoms. The number of rotatable bonds is 2. The molecule has 0 amide bonds. The van der Waals surface area contributed by atoms with Gasteiger partial charge in [-0.2, -0.15) is 0 Å². The number of carbonyl (C=O) groups excluding carboxylic acids is 1. The number of benzene rings is 8. The van der Waals surface area contributed by atoms with Gasteiger partial charge in [-0.15, -0.1) is 0 Å². The van der Waals surface area contributed by atoms with Crippen LogP contribution in [0.4, 0.5) is 0 Å². The van der Waals surface area contributed by atoms with Crippen LogP contribution in [0.2, 0.25) is 0 Å². The maximum Gasteiger partial charge on any atom is 0.193 e. The van der Waals surface area contributed by atoms with Crippen molar-refractivity contribution in [3.63, 3.8) is 0 Å². The Morgan fingerprint density at radius 1 is 0.286 bits per heavy atom. The summed E-state index contributed by atoms with van der Waals surface area (Å²) in [6.07, 6.45) is 0. The smallest absolute Gasteiger partial charge is 0.193 e. The van der Waals surface area contributed by atoms with Crippen molar-refractivity contribution >= 4 is 5.78 Å². The molecule has 12 rings (SSSR count). The van der Waals surface area contributed by atoms with Gasteiger partial charge in [-0.1, -0.05) is 133 Å². The second-order valence-corrected chi connectivity index (χ2v) is 14.6. The Balaban J connectivity index is 1.02. The molecule has 0 atom stereocenters. The highest BCUT2D eigenvalue weighted by molar-refractivity contribution is 6.09. The van der Waals surface area contributed by atoms with E-state index in [2.05, 4.69) is 36.4 Å². The highest BCUT2D eigenvalue weighted by atomic mass is 16.5. The molecule has 5 heteroatoms. The summed E-state index contributed by atoms with van der Waals surface area (Å²) in [6, 6.07) is 60.8. The van der Waals surface area contributed by atoms with Crippen LogP contribution in [-0.4, -0.2) is 5.78 Å². The van der Waals surface area contributed by atoms with Crippen LogP contribution in [0.1, 0.15) is 60.4 Å². The molecule has 4 heterocycles. The number of ether oxygens (including phenoxy) is 4. The van der Waals surface area contributed by atoms with E-state index in [1.54, 1.807) is 0 Å². The lowest BCUT2D eigenvalue weighted by Gasteiger charge is -2.45. The fourth-order valence-corrected chi connectivity index (χ4v) is 9.69. The van der Waals surface area contributed by atoms with E-state index in [0.717, 1.165) is 79.0 Å². The zero-order valence-corrected chi connectivity index (χ0v) is 29.9. The summed E-state index contributed by atoms with van der Waals surface area (Å²) in [4.78, 5) is 14.7. The number of fused-ring (bicyclic) bond motifs is 16. The maximum absolute atomic E-state index is 14.7. The summed E-state index contributed by atoms with van der Waals surface area (Å²) in [5, 5.41) is 0. The van der Waals surface area contributed by atoms with E-state index < -0.39 is 10.8 Å². The molecule has 0 aliphatic carbocycles. The molecule has 8 aromatic carbocycles. The molecule has 0 saturated carbocycles. The van der Waals surface area contributed by atoms with E-state index in [4.69, 9.17) is 18.9 Å². The summed E-state index contributed by atoms with van der Waals surface area (Å²) >= 11 is 0. The van der Waals surface area contributed by atoms with Gasteiger partial charge >= 0.3 is 0 Å². The first-order valence-electron chi connectivity index (χ1n) is 18.8. The molecule has 264 valence electrons. The molecule has 0 saturated heterocycles. The van der Waals surface area contributed by atoms with Crippen molar-refractivity contribution in [2.75, 3.05) is 0 Å². The summed E-state index contributed by atoms with van der Waals surface area (Å²) in [5.74, 6) is 5.74. The van der Waals surface area contributed by atoms with Crippen LogP contribution in [0.25, 0.3) is 0 Å². The number of para-hydroxylation sites is 6. The van der Waals surface area contributed by atoms with Crippen molar-refractivity contribution in [3.8, 4) is 46.0 Å². The van der Waals surface area contributed by atoms with Gasteiger partial charge in [-0.3, -0.25) is 4.79 Å². The second-order valence-electron chi connectivity index (χ2n) is 14.6. The topological polar surface area (TPSA) is 54.0 Å². The molecule has 5 nitrogen and oxygen atoms in total. The third-order valence-corrected chi connectivity index (χ3v) is 11.9. The van der Waals surface area contributed by atoms with Gasteiger partial charge < -0.3 is 18.9 Å². The lowest BCUT2D eigenvalue weighted by molar-refractivity contribution is 0.103. The molecule has 0 radical (unpaired) electrons. The Hall–Kier alpha value is -7.37. The van der Waals surface area contributed by atoms with Crippen LogP contribution in [0.15, 0.2) is 182 Å². The zero-order chi connectivity index (χ0) is 37.0. The lowest BCUT2D eigenvalue weighted by Crippen LogP contribution is -2.37. The summed E-state index contributed by atoms with van der Waals surface area (Å²) in [6.45, 7) is 0. The van der Waals surface area contributed by atoms with E-state index >= 15 is 0 Å². The average molecular weight is 723 g/mol. The average Bonchev–Trinajstić information content (AvgIpc) is 3.25. The van der Waals surface area contributed by atoms with Crippen LogP contribution in [0.5, 0.6) is 46.0 Å². The molecule has 0 unspecified atom stereocenters. The Bertz CT molecular complexity index is 2650. The van der Waals surface area contributed by atoms with E-state index in [1.807, 2.05) is 146 Å². The fraction of sp³-hybridized carbons (Fsp3) is 0.0392. The first kappa shape index (κ1) is 31.0. The normalized spacial score (nSPS) is 15.0. The minimum Gasteiger partial charge on any atom is -0.457 e. The monoisotopic (exact) mass is 722 g/mol. The van der Waals surface area contributed by atoms with Gasteiger partial charge in [-0.05, 0) is 48.5 Å². The van der Waals surface area contributed by atoms with Crippen molar-refractivity contribution < 1.29 is 23.7 Å². The largest absolute Gasteiger partial charge is 0.457 e. The summed E-state index contributed by atoms with van der Waals surface area (Å²) < 4.78 is 26.4. The highest BCUT2D eigenvalue weighted by Crippen LogP contribution is 2.63. The number of ketones is 1. The minimum atomic E-state index is -0.727. The maximum atomic E-state index is 14.7. The van der Waals surface area contributed by atoms with E-state index in [1.165, 1.54) is 0 Å². The second kappa shape index (κ2) is 11.3. The molecule has 4 aliphatic heterocycles. The van der Waals surface area contributed by atoms with Crippen LogP contribution < -0.4 is 18.9 Å². The van der Waals surface area contributed by atoms with Gasteiger partial charge in [0.25, 0.3) is 0 Å². The molecule has 56 heavy (non-hydrogen) atoms. The SMILES string of the molecule is O=C(c1ccc2c(c1)Oc1ccccc1C21c2ccccc2Oc2ccccc21)c1ccc2c(c1)Oc1ccccc1C21c2ccccc2Oc2ccccc21. The molecule has 0 aromatic heterocycles. The zero-order valence-electron chi connectivity index (χ0n) is 29.9. The van der Waals surface area contributed by atoms with Gasteiger partial charge in [0.15, 0.2) is 5.78 Å². The predicted octanol–water partition coefficient (Wildman–Crippen LogP) is 12.1. The quantitative estimate of drug-likeness (QED) is 0.166. The number of hydrogen-bond acceptors (Lipinski definition) is 5. The van der Waals surface area contributed by atoms with Gasteiger partial charge in [0, 0.05) is 55.6 Å². The third kappa shape index (κ3) is 3.96. The number of hydrogen-bond donors (Lipinski definition) is 0. The summed E-state index contributed by atoms with van der Waals surface area (Å²) in [7, 11) is 0. The number of carbonyl (C=O) groups is 1.